The van der Waals surface area contributed by atoms with E-state index in [2.05, 4.69) is 57.3 Å². The molecule has 4 aliphatic rings. The molecule has 8 heteroatoms. The Morgan fingerprint density at radius 2 is 1.61 bits per heavy atom. The van der Waals surface area contributed by atoms with E-state index >= 15 is 0 Å². The second-order valence-corrected chi connectivity index (χ2v) is 15.8. The van der Waals surface area contributed by atoms with Crippen LogP contribution in [0.1, 0.15) is 74.7 Å². The predicted molar refractivity (Wildman–Crippen MR) is 196 cm³/mol. The van der Waals surface area contributed by atoms with Gasteiger partial charge in [-0.05, 0) is 116 Å². The van der Waals surface area contributed by atoms with Gasteiger partial charge in [0.25, 0.3) is 0 Å². The van der Waals surface area contributed by atoms with E-state index in [0.717, 1.165) is 69.1 Å². The molecule has 2 aromatic heterocycles. The van der Waals surface area contributed by atoms with Crippen molar-refractivity contribution in [3.05, 3.63) is 106 Å². The first kappa shape index (κ1) is 32.6. The Kier molecular flexibility index (Phi) is 8.86. The lowest BCUT2D eigenvalue weighted by Gasteiger charge is -2.57. The number of rotatable bonds is 11. The van der Waals surface area contributed by atoms with Crippen molar-refractivity contribution in [2.75, 3.05) is 0 Å². The molecule has 1 atom stereocenters. The van der Waals surface area contributed by atoms with Gasteiger partial charge in [-0.3, -0.25) is 9.78 Å². The number of nitrogens with zero attached hydrogens (tertiary/aromatic N) is 3. The number of benzene rings is 3. The van der Waals surface area contributed by atoms with Gasteiger partial charge in [0.2, 0.25) is 0 Å². The molecular formula is C41H42Cl2N4O2. The summed E-state index contributed by atoms with van der Waals surface area (Å²) >= 11 is 12.4. The van der Waals surface area contributed by atoms with E-state index in [4.69, 9.17) is 28.2 Å². The first-order valence-electron chi connectivity index (χ1n) is 17.6. The van der Waals surface area contributed by atoms with Gasteiger partial charge in [0.1, 0.15) is 11.6 Å². The van der Waals surface area contributed by atoms with Crippen LogP contribution >= 0.6 is 23.2 Å². The Balaban J connectivity index is 1.16. The Labute approximate surface area is 297 Å². The van der Waals surface area contributed by atoms with Crippen molar-refractivity contribution in [3.8, 4) is 22.6 Å². The number of hydrogen-bond donors (Lipinski definition) is 2. The number of ketones is 1. The van der Waals surface area contributed by atoms with E-state index in [0.29, 0.717) is 34.1 Å². The maximum atomic E-state index is 12.4. The minimum Gasteiger partial charge on any atom is -0.390 e. The standard InChI is InChI=1S/C41H42Cl2N4O2/c1-25(49)13-37(44-22-26-5-11-34(42)35(43)17-26)32-10-12-39-38(18-32)46-40(31-8-6-30(7-9-31)36-4-2-3-33(23-48)45-36)47(39)24-41-19-27-14-28(20-41)16-29(15-27)21-41/h2-12,17-18,27-29,37,44,48H,13-16,19-24H2,1H3. The van der Waals surface area contributed by atoms with Crippen LogP contribution < -0.4 is 5.32 Å². The molecule has 5 aromatic rings. The van der Waals surface area contributed by atoms with Crippen LogP contribution in [0.4, 0.5) is 0 Å². The molecule has 0 saturated heterocycles. The zero-order valence-corrected chi connectivity index (χ0v) is 29.4. The average Bonchev–Trinajstić information content (AvgIpc) is 3.44. The van der Waals surface area contributed by atoms with E-state index < -0.39 is 0 Å². The molecule has 4 aliphatic carbocycles. The first-order valence-corrected chi connectivity index (χ1v) is 18.3. The van der Waals surface area contributed by atoms with Crippen LogP contribution in [0.3, 0.4) is 0 Å². The minimum absolute atomic E-state index is 0.0828. The summed E-state index contributed by atoms with van der Waals surface area (Å²) in [6.45, 7) is 3.10. The highest BCUT2D eigenvalue weighted by Gasteiger charge is 2.51. The average molecular weight is 694 g/mol. The molecule has 3 aromatic carbocycles. The molecule has 4 saturated carbocycles. The summed E-state index contributed by atoms with van der Waals surface area (Å²) < 4.78 is 2.50. The fourth-order valence-corrected chi connectivity index (χ4v) is 9.89. The quantitative estimate of drug-likeness (QED) is 0.144. The maximum absolute atomic E-state index is 12.4. The lowest BCUT2D eigenvalue weighted by molar-refractivity contribution is -0.117. The molecule has 2 heterocycles. The third-order valence-corrected chi connectivity index (χ3v) is 12.0. The molecule has 4 bridgehead atoms. The van der Waals surface area contributed by atoms with Gasteiger partial charge in [-0.15, -0.1) is 0 Å². The Morgan fingerprint density at radius 1 is 0.898 bits per heavy atom. The number of carbonyl (C=O) groups excluding carboxylic acids is 1. The van der Waals surface area contributed by atoms with Crippen LogP contribution in [-0.2, 0) is 24.5 Å². The van der Waals surface area contributed by atoms with Crippen LogP contribution in [0.5, 0.6) is 0 Å². The number of pyridine rings is 1. The molecule has 252 valence electrons. The largest absolute Gasteiger partial charge is 0.390 e. The van der Waals surface area contributed by atoms with Gasteiger partial charge in [0.15, 0.2) is 0 Å². The van der Waals surface area contributed by atoms with E-state index in [1.165, 1.54) is 38.5 Å². The summed E-state index contributed by atoms with van der Waals surface area (Å²) in [7, 11) is 0. The zero-order chi connectivity index (χ0) is 33.7. The fourth-order valence-electron chi connectivity index (χ4n) is 9.57. The molecule has 0 amide bonds. The van der Waals surface area contributed by atoms with Gasteiger partial charge in [-0.2, -0.15) is 0 Å². The van der Waals surface area contributed by atoms with Gasteiger partial charge in [-0.25, -0.2) is 4.98 Å². The van der Waals surface area contributed by atoms with Gasteiger partial charge in [-0.1, -0.05) is 65.7 Å². The summed E-state index contributed by atoms with van der Waals surface area (Å²) in [6.07, 6.45) is 8.59. The monoisotopic (exact) mass is 692 g/mol. The number of aliphatic hydroxyl groups is 1. The number of imidazole rings is 1. The number of carbonyl (C=O) groups is 1. The molecule has 9 rings (SSSR count). The first-order chi connectivity index (χ1) is 23.7. The molecule has 0 spiro atoms. The highest BCUT2D eigenvalue weighted by molar-refractivity contribution is 6.42. The number of hydrogen-bond acceptors (Lipinski definition) is 5. The lowest BCUT2D eigenvalue weighted by Crippen LogP contribution is -2.47. The van der Waals surface area contributed by atoms with E-state index in [-0.39, 0.29) is 18.4 Å². The Bertz CT molecular complexity index is 1990. The molecular weight excluding hydrogens is 651 g/mol. The second-order valence-electron chi connectivity index (χ2n) is 15.0. The van der Waals surface area contributed by atoms with Crippen LogP contribution in [0.15, 0.2) is 78.9 Å². The third kappa shape index (κ3) is 6.69. The number of nitrogens with one attached hydrogen (secondary N) is 1. The van der Waals surface area contributed by atoms with Crippen LogP contribution in [0, 0.1) is 23.2 Å². The van der Waals surface area contributed by atoms with Crippen molar-refractivity contribution in [1.82, 2.24) is 19.9 Å². The second kappa shape index (κ2) is 13.3. The van der Waals surface area contributed by atoms with Crippen molar-refractivity contribution >= 4 is 40.0 Å². The van der Waals surface area contributed by atoms with Crippen molar-refractivity contribution in [2.45, 2.75) is 77.6 Å². The van der Waals surface area contributed by atoms with Crippen molar-refractivity contribution in [2.24, 2.45) is 23.2 Å². The van der Waals surface area contributed by atoms with E-state index in [1.54, 1.807) is 13.0 Å². The maximum Gasteiger partial charge on any atom is 0.141 e. The van der Waals surface area contributed by atoms with Crippen molar-refractivity contribution in [3.63, 3.8) is 0 Å². The highest BCUT2D eigenvalue weighted by Crippen LogP contribution is 2.61. The third-order valence-electron chi connectivity index (χ3n) is 11.3. The fraction of sp³-hybridized carbons (Fsp3) is 0.390. The smallest absolute Gasteiger partial charge is 0.141 e. The summed E-state index contributed by atoms with van der Waals surface area (Å²) in [5.74, 6) is 3.71. The normalized spacial score (nSPS) is 23.3. The van der Waals surface area contributed by atoms with Gasteiger partial charge in [0, 0.05) is 36.7 Å². The van der Waals surface area contributed by atoms with Crippen molar-refractivity contribution < 1.29 is 9.90 Å². The van der Waals surface area contributed by atoms with Gasteiger partial charge in [0.05, 0.1) is 39.1 Å². The number of fused-ring (bicyclic) bond motifs is 1. The number of aliphatic hydroxyl groups excluding tert-OH is 1. The van der Waals surface area contributed by atoms with E-state index in [9.17, 15) is 9.90 Å². The van der Waals surface area contributed by atoms with E-state index in [1.807, 2.05) is 30.3 Å². The number of halogens is 2. The van der Waals surface area contributed by atoms with Crippen molar-refractivity contribution in [1.29, 1.82) is 0 Å². The molecule has 0 radical (unpaired) electrons. The molecule has 49 heavy (non-hydrogen) atoms. The molecule has 2 N–H and O–H groups in total. The van der Waals surface area contributed by atoms with Gasteiger partial charge < -0.3 is 15.0 Å². The summed E-state index contributed by atoms with van der Waals surface area (Å²) in [4.78, 5) is 22.4. The molecule has 6 nitrogen and oxygen atoms in total. The van der Waals surface area contributed by atoms with Crippen LogP contribution in [-0.4, -0.2) is 25.4 Å². The topological polar surface area (TPSA) is 80.0 Å². The Hall–Kier alpha value is -3.55. The SMILES string of the molecule is CC(=O)CC(NCc1ccc(Cl)c(Cl)c1)c1ccc2c(c1)nc(-c1ccc(-c3cccc(CO)n3)cc1)n2CC12CC3CC(CC(C3)C1)C2. The lowest BCUT2D eigenvalue weighted by atomic mass is 9.49. The molecule has 4 fully saturated rings. The van der Waals surface area contributed by atoms with Gasteiger partial charge >= 0.3 is 0 Å². The zero-order valence-electron chi connectivity index (χ0n) is 27.8. The number of aromatic nitrogens is 3. The predicted octanol–water partition coefficient (Wildman–Crippen LogP) is 9.59. The summed E-state index contributed by atoms with van der Waals surface area (Å²) in [5, 5.41) is 14.3. The highest BCUT2D eigenvalue weighted by atomic mass is 35.5. The molecule has 0 aliphatic heterocycles. The minimum atomic E-state index is -0.172. The van der Waals surface area contributed by atoms with Crippen LogP contribution in [0.2, 0.25) is 10.0 Å². The summed E-state index contributed by atoms with van der Waals surface area (Å²) in [5.41, 5.74) is 8.03. The summed E-state index contributed by atoms with van der Waals surface area (Å²) in [6, 6.07) is 26.3. The Morgan fingerprint density at radius 3 is 2.29 bits per heavy atom. The number of Topliss-reactive ketones (excluding diaryl/α,β-unsaturated/α-hetero) is 1. The van der Waals surface area contributed by atoms with Crippen LogP contribution in [0.25, 0.3) is 33.7 Å². The molecule has 1 unspecified atom stereocenters.